The van der Waals surface area contributed by atoms with Crippen LogP contribution in [-0.2, 0) is 19.2 Å². The highest BCUT2D eigenvalue weighted by molar-refractivity contribution is 6.38. The molecule has 1 heterocycles. The van der Waals surface area contributed by atoms with Crippen molar-refractivity contribution in [2.75, 3.05) is 6.54 Å². The molecule has 4 aliphatic rings. The molecule has 0 aromatic rings. The number of ketones is 1. The van der Waals surface area contributed by atoms with Gasteiger partial charge in [-0.2, -0.15) is 0 Å². The zero-order valence-corrected chi connectivity index (χ0v) is 20.5. The quantitative estimate of drug-likeness (QED) is 0.474. The van der Waals surface area contributed by atoms with Crippen LogP contribution < -0.4 is 16.4 Å². The Morgan fingerprint density at radius 2 is 1.76 bits per heavy atom. The second-order valence-electron chi connectivity index (χ2n) is 11.9. The third-order valence-electron chi connectivity index (χ3n) is 8.40. The normalized spacial score (nSPS) is 29.4. The summed E-state index contributed by atoms with van der Waals surface area (Å²) in [5, 5.41) is 5.60. The van der Waals surface area contributed by atoms with E-state index in [1.54, 1.807) is 4.90 Å². The number of Topliss-reactive ketones (excluding diaryl/α,β-unsaturated/α-hetero) is 1. The van der Waals surface area contributed by atoms with Gasteiger partial charge >= 0.3 is 0 Å². The first-order valence-electron chi connectivity index (χ1n) is 12.7. The van der Waals surface area contributed by atoms with Crippen molar-refractivity contribution in [3.05, 3.63) is 0 Å². The van der Waals surface area contributed by atoms with E-state index in [-0.39, 0.29) is 29.2 Å². The summed E-state index contributed by atoms with van der Waals surface area (Å²) in [6.45, 7) is 8.26. The van der Waals surface area contributed by atoms with Gasteiger partial charge in [-0.05, 0) is 67.6 Å². The van der Waals surface area contributed by atoms with E-state index in [4.69, 9.17) is 5.73 Å². The number of carbonyl (C=O) groups is 4. The molecule has 1 unspecified atom stereocenters. The van der Waals surface area contributed by atoms with Crippen molar-refractivity contribution < 1.29 is 19.2 Å². The number of nitrogens with zero attached hydrogens (tertiary/aromatic N) is 1. The summed E-state index contributed by atoms with van der Waals surface area (Å²) in [7, 11) is 0. The molecule has 1 aliphatic heterocycles. The fourth-order valence-electron chi connectivity index (χ4n) is 5.91. The number of nitrogens with one attached hydrogen (secondary N) is 2. The molecule has 4 N–H and O–H groups in total. The fraction of sp³-hybridized carbons (Fsp3) is 0.840. The van der Waals surface area contributed by atoms with Gasteiger partial charge in [0.2, 0.25) is 17.6 Å². The van der Waals surface area contributed by atoms with Crippen molar-refractivity contribution in [2.24, 2.45) is 28.4 Å². The zero-order valence-electron chi connectivity index (χ0n) is 20.5. The molecule has 33 heavy (non-hydrogen) atoms. The molecule has 1 saturated heterocycles. The van der Waals surface area contributed by atoms with Gasteiger partial charge in [-0.15, -0.1) is 0 Å². The number of hydrogen-bond donors (Lipinski definition) is 3. The zero-order chi connectivity index (χ0) is 24.1. The van der Waals surface area contributed by atoms with Crippen LogP contribution in [0.2, 0.25) is 0 Å². The second kappa shape index (κ2) is 8.67. The molecule has 0 radical (unpaired) electrons. The Bertz CT molecular complexity index is 827. The van der Waals surface area contributed by atoms with Crippen LogP contribution in [0.1, 0.15) is 79.1 Å². The SMILES string of the molecule is CCCC(NC(=O)[C@@H]1[C@H]2CCC3(CC3)[C@H]2CN1C(=O)[C@@H](N)C(C)(C)C)C(=O)C(=O)NC1CC1. The third-order valence-corrected chi connectivity index (χ3v) is 8.40. The van der Waals surface area contributed by atoms with Gasteiger partial charge in [-0.1, -0.05) is 34.1 Å². The molecule has 5 atom stereocenters. The summed E-state index contributed by atoms with van der Waals surface area (Å²) in [5.41, 5.74) is 6.18. The van der Waals surface area contributed by atoms with Crippen LogP contribution in [0.5, 0.6) is 0 Å². The molecule has 184 valence electrons. The molecule has 4 rings (SSSR count). The molecule has 1 spiro atoms. The summed E-state index contributed by atoms with van der Waals surface area (Å²) in [6.07, 6.45) is 7.16. The highest BCUT2D eigenvalue weighted by atomic mass is 16.2. The number of nitrogens with two attached hydrogens (primary N) is 1. The monoisotopic (exact) mass is 460 g/mol. The van der Waals surface area contributed by atoms with Crippen molar-refractivity contribution in [1.29, 1.82) is 0 Å². The van der Waals surface area contributed by atoms with Crippen LogP contribution in [-0.4, -0.2) is 59.1 Å². The van der Waals surface area contributed by atoms with Crippen LogP contribution in [0.4, 0.5) is 0 Å². The Labute approximate surface area is 196 Å². The molecule has 8 heteroatoms. The van der Waals surface area contributed by atoms with Crippen molar-refractivity contribution >= 4 is 23.5 Å². The third kappa shape index (κ3) is 4.68. The Kier molecular flexibility index (Phi) is 6.35. The van der Waals surface area contributed by atoms with Gasteiger partial charge in [0.15, 0.2) is 0 Å². The van der Waals surface area contributed by atoms with Crippen molar-refractivity contribution in [3.63, 3.8) is 0 Å². The predicted octanol–water partition coefficient (Wildman–Crippen LogP) is 1.51. The van der Waals surface area contributed by atoms with Gasteiger partial charge < -0.3 is 21.3 Å². The van der Waals surface area contributed by atoms with Gasteiger partial charge in [0, 0.05) is 12.6 Å². The minimum Gasteiger partial charge on any atom is -0.347 e. The van der Waals surface area contributed by atoms with E-state index in [0.717, 1.165) is 38.5 Å². The molecule has 4 fully saturated rings. The largest absolute Gasteiger partial charge is 0.347 e. The fourth-order valence-corrected chi connectivity index (χ4v) is 5.91. The number of hydrogen-bond acceptors (Lipinski definition) is 5. The lowest BCUT2D eigenvalue weighted by molar-refractivity contribution is -0.144. The topological polar surface area (TPSA) is 122 Å². The molecule has 0 bridgehead atoms. The van der Waals surface area contributed by atoms with Gasteiger partial charge in [-0.3, -0.25) is 19.2 Å². The highest BCUT2D eigenvalue weighted by Crippen LogP contribution is 2.66. The number of amides is 3. The highest BCUT2D eigenvalue weighted by Gasteiger charge is 2.63. The van der Waals surface area contributed by atoms with Crippen molar-refractivity contribution in [1.82, 2.24) is 15.5 Å². The van der Waals surface area contributed by atoms with E-state index < -0.39 is 35.2 Å². The molecule has 3 amide bonds. The van der Waals surface area contributed by atoms with E-state index in [1.807, 2.05) is 27.7 Å². The van der Waals surface area contributed by atoms with E-state index >= 15 is 0 Å². The number of rotatable bonds is 8. The van der Waals surface area contributed by atoms with Crippen LogP contribution in [0.15, 0.2) is 0 Å². The first-order chi connectivity index (χ1) is 15.5. The van der Waals surface area contributed by atoms with E-state index in [0.29, 0.717) is 25.3 Å². The smallest absolute Gasteiger partial charge is 0.289 e. The average molecular weight is 461 g/mol. The Morgan fingerprint density at radius 1 is 1.09 bits per heavy atom. The summed E-state index contributed by atoms with van der Waals surface area (Å²) in [4.78, 5) is 53.9. The average Bonchev–Trinajstić information content (AvgIpc) is 3.65. The standard InChI is InChI=1S/C25H40N4O4/c1-5-6-17(19(30)22(32)27-14-7-8-14)28-21(31)18-15-9-10-25(11-12-25)16(15)13-29(18)23(33)20(26)24(2,3)4/h14-18,20H,5-13,26H2,1-4H3,(H,27,32)(H,28,31)/t15-,16-,17?,18-,20+/m0/s1. The minimum atomic E-state index is -0.871. The maximum atomic E-state index is 13.6. The van der Waals surface area contributed by atoms with Crippen LogP contribution >= 0.6 is 0 Å². The van der Waals surface area contributed by atoms with Crippen LogP contribution in [0.25, 0.3) is 0 Å². The minimum absolute atomic E-state index is 0.0789. The molecule has 3 saturated carbocycles. The number of likely N-dealkylation sites (tertiary alicyclic amines) is 1. The van der Waals surface area contributed by atoms with Crippen LogP contribution in [0.3, 0.4) is 0 Å². The lowest BCUT2D eigenvalue weighted by Gasteiger charge is -2.34. The Balaban J connectivity index is 1.53. The maximum absolute atomic E-state index is 13.6. The van der Waals surface area contributed by atoms with E-state index in [9.17, 15) is 19.2 Å². The van der Waals surface area contributed by atoms with Gasteiger partial charge in [-0.25, -0.2) is 0 Å². The summed E-state index contributed by atoms with van der Waals surface area (Å²) in [6, 6.07) is -2.13. The number of carbonyl (C=O) groups excluding carboxylic acids is 4. The van der Waals surface area contributed by atoms with E-state index in [2.05, 4.69) is 10.6 Å². The molecular weight excluding hydrogens is 420 g/mol. The van der Waals surface area contributed by atoms with Gasteiger partial charge in [0.25, 0.3) is 5.91 Å². The predicted molar refractivity (Wildman–Crippen MR) is 124 cm³/mol. The second-order valence-corrected chi connectivity index (χ2v) is 11.9. The van der Waals surface area contributed by atoms with Crippen molar-refractivity contribution in [3.8, 4) is 0 Å². The van der Waals surface area contributed by atoms with Crippen LogP contribution in [0, 0.1) is 22.7 Å². The molecule has 0 aromatic heterocycles. The summed E-state index contributed by atoms with van der Waals surface area (Å²) < 4.78 is 0. The Hall–Kier alpha value is -1.96. The summed E-state index contributed by atoms with van der Waals surface area (Å²) >= 11 is 0. The molecule has 0 aromatic carbocycles. The first kappa shape index (κ1) is 24.2. The lowest BCUT2D eigenvalue weighted by Crippen LogP contribution is -2.58. The molecular formula is C25H40N4O4. The van der Waals surface area contributed by atoms with E-state index in [1.165, 1.54) is 0 Å². The maximum Gasteiger partial charge on any atom is 0.289 e. The van der Waals surface area contributed by atoms with Gasteiger partial charge in [0.05, 0.1) is 12.1 Å². The van der Waals surface area contributed by atoms with Gasteiger partial charge in [0.1, 0.15) is 6.04 Å². The lowest BCUT2D eigenvalue weighted by atomic mass is 9.86. The Morgan fingerprint density at radius 3 is 2.30 bits per heavy atom. The molecule has 3 aliphatic carbocycles. The van der Waals surface area contributed by atoms with Crippen molar-refractivity contribution in [2.45, 2.75) is 103 Å². The summed E-state index contributed by atoms with van der Waals surface area (Å²) in [5.74, 6) is -1.34. The molecule has 8 nitrogen and oxygen atoms in total. The number of fused-ring (bicyclic) bond motifs is 2. The first-order valence-corrected chi connectivity index (χ1v) is 12.7.